The van der Waals surface area contributed by atoms with Crippen molar-refractivity contribution in [2.75, 3.05) is 13.2 Å². The number of hydrogen-bond donors (Lipinski definition) is 0. The van der Waals surface area contributed by atoms with E-state index in [1.54, 1.807) is 19.1 Å². The second-order valence-electron chi connectivity index (χ2n) is 5.16. The lowest BCUT2D eigenvalue weighted by atomic mass is 10.0. The van der Waals surface area contributed by atoms with E-state index in [4.69, 9.17) is 4.74 Å². The first-order valence-corrected chi connectivity index (χ1v) is 7.26. The molecule has 0 amide bonds. The molecule has 0 N–H and O–H groups in total. The van der Waals surface area contributed by atoms with Gasteiger partial charge in [-0.25, -0.2) is 0 Å². The summed E-state index contributed by atoms with van der Waals surface area (Å²) in [5, 5.41) is 10.8. The summed E-state index contributed by atoms with van der Waals surface area (Å²) in [5.74, 6) is -0.192. The topological polar surface area (TPSA) is 72.7 Å². The van der Waals surface area contributed by atoms with Crippen molar-refractivity contribution in [2.45, 2.75) is 38.8 Å². The Kier molecular flexibility index (Phi) is 5.27. The first-order valence-electron chi connectivity index (χ1n) is 7.26. The minimum atomic E-state index is -0.400. The van der Waals surface area contributed by atoms with E-state index in [9.17, 15) is 14.9 Å². The van der Waals surface area contributed by atoms with Gasteiger partial charge in [0.15, 0.2) is 0 Å². The molecule has 0 saturated carbocycles. The number of piperidine rings is 1. The van der Waals surface area contributed by atoms with Crippen molar-refractivity contribution in [1.82, 2.24) is 4.90 Å². The van der Waals surface area contributed by atoms with Crippen LogP contribution in [0.4, 0.5) is 5.69 Å². The molecule has 1 aliphatic rings. The van der Waals surface area contributed by atoms with E-state index in [0.717, 1.165) is 31.4 Å². The highest BCUT2D eigenvalue weighted by atomic mass is 16.6. The molecule has 6 nitrogen and oxygen atoms in total. The van der Waals surface area contributed by atoms with E-state index in [1.165, 1.54) is 6.07 Å². The van der Waals surface area contributed by atoms with Crippen molar-refractivity contribution in [1.29, 1.82) is 0 Å². The summed E-state index contributed by atoms with van der Waals surface area (Å²) >= 11 is 0. The maximum absolute atomic E-state index is 12.0. The van der Waals surface area contributed by atoms with Gasteiger partial charge < -0.3 is 4.74 Å². The molecular formula is C15H20N2O4. The number of nitro groups is 1. The third kappa shape index (κ3) is 4.01. The minimum Gasteiger partial charge on any atom is -0.465 e. The van der Waals surface area contributed by atoms with E-state index in [-0.39, 0.29) is 17.7 Å². The molecule has 0 unspecified atom stereocenters. The molecule has 0 aromatic heterocycles. The molecule has 1 heterocycles. The van der Waals surface area contributed by atoms with Gasteiger partial charge in [0.05, 0.1) is 11.5 Å². The Morgan fingerprint density at radius 1 is 1.48 bits per heavy atom. The molecule has 1 atom stereocenters. The molecule has 1 aromatic rings. The third-order valence-corrected chi connectivity index (χ3v) is 3.68. The van der Waals surface area contributed by atoms with Gasteiger partial charge in [0.25, 0.3) is 5.69 Å². The molecule has 0 bridgehead atoms. The number of nitrogens with zero attached hydrogens (tertiary/aromatic N) is 2. The highest BCUT2D eigenvalue weighted by molar-refractivity contribution is 5.75. The van der Waals surface area contributed by atoms with Gasteiger partial charge in [0, 0.05) is 18.7 Å². The first kappa shape index (κ1) is 15.4. The van der Waals surface area contributed by atoms with Gasteiger partial charge in [0.2, 0.25) is 0 Å². The lowest BCUT2D eigenvalue weighted by Gasteiger charge is -2.33. The van der Waals surface area contributed by atoms with Crippen molar-refractivity contribution in [3.63, 3.8) is 0 Å². The molecule has 1 aliphatic heterocycles. The lowest BCUT2D eigenvalue weighted by molar-refractivity contribution is -0.384. The van der Waals surface area contributed by atoms with E-state index < -0.39 is 4.92 Å². The average Bonchev–Trinajstić information content (AvgIpc) is 2.48. The molecule has 0 radical (unpaired) electrons. The molecule has 2 rings (SSSR count). The van der Waals surface area contributed by atoms with Crippen LogP contribution in [0.25, 0.3) is 0 Å². The Bertz CT molecular complexity index is 518. The number of non-ortho nitro benzene ring substituents is 1. The van der Waals surface area contributed by atoms with Gasteiger partial charge in [-0.3, -0.25) is 19.8 Å². The van der Waals surface area contributed by atoms with E-state index in [0.29, 0.717) is 13.2 Å². The molecule has 0 spiro atoms. The Morgan fingerprint density at radius 3 is 3.00 bits per heavy atom. The quantitative estimate of drug-likeness (QED) is 0.473. The summed E-state index contributed by atoms with van der Waals surface area (Å²) in [4.78, 5) is 24.5. The lowest BCUT2D eigenvalue weighted by Crippen LogP contribution is -2.44. The number of ether oxygens (including phenoxy) is 1. The molecule has 6 heteroatoms. The highest BCUT2D eigenvalue weighted by Crippen LogP contribution is 2.22. The molecule has 1 aromatic carbocycles. The number of benzene rings is 1. The zero-order valence-electron chi connectivity index (χ0n) is 12.2. The SMILES string of the molecule is CCOC(=O)[C@H]1CCCCN1Cc1cccc([N+](=O)[O-])c1. The van der Waals surface area contributed by atoms with Crippen LogP contribution in [-0.2, 0) is 16.1 Å². The minimum absolute atomic E-state index is 0.0807. The van der Waals surface area contributed by atoms with Gasteiger partial charge in [0.1, 0.15) is 6.04 Å². The Balaban J connectivity index is 2.10. The maximum atomic E-state index is 12.0. The van der Waals surface area contributed by atoms with Crippen molar-refractivity contribution < 1.29 is 14.5 Å². The Morgan fingerprint density at radius 2 is 2.29 bits per heavy atom. The molecule has 21 heavy (non-hydrogen) atoms. The van der Waals surface area contributed by atoms with Crippen molar-refractivity contribution in [3.05, 3.63) is 39.9 Å². The number of carbonyl (C=O) groups excluding carboxylic acids is 1. The molecular weight excluding hydrogens is 272 g/mol. The van der Waals surface area contributed by atoms with Gasteiger partial charge in [-0.15, -0.1) is 0 Å². The monoisotopic (exact) mass is 292 g/mol. The predicted molar refractivity (Wildman–Crippen MR) is 77.8 cm³/mol. The van der Waals surface area contributed by atoms with Gasteiger partial charge in [-0.2, -0.15) is 0 Å². The first-order chi connectivity index (χ1) is 10.1. The second-order valence-corrected chi connectivity index (χ2v) is 5.16. The van der Waals surface area contributed by atoms with Crippen LogP contribution in [0.1, 0.15) is 31.7 Å². The molecule has 1 saturated heterocycles. The van der Waals surface area contributed by atoms with Crippen LogP contribution >= 0.6 is 0 Å². The van der Waals surface area contributed by atoms with Crippen LogP contribution in [0.2, 0.25) is 0 Å². The van der Waals surface area contributed by atoms with Gasteiger partial charge in [-0.05, 0) is 31.9 Å². The van der Waals surface area contributed by atoms with Gasteiger partial charge >= 0.3 is 5.97 Å². The largest absolute Gasteiger partial charge is 0.465 e. The predicted octanol–water partition coefficient (Wildman–Crippen LogP) is 2.51. The van der Waals surface area contributed by atoms with Crippen LogP contribution < -0.4 is 0 Å². The number of likely N-dealkylation sites (tertiary alicyclic amines) is 1. The van der Waals surface area contributed by atoms with E-state index in [2.05, 4.69) is 4.90 Å². The number of esters is 1. The molecule has 1 fully saturated rings. The fourth-order valence-electron chi connectivity index (χ4n) is 2.69. The average molecular weight is 292 g/mol. The highest BCUT2D eigenvalue weighted by Gasteiger charge is 2.29. The zero-order chi connectivity index (χ0) is 15.2. The number of nitro benzene ring substituents is 1. The summed E-state index contributed by atoms with van der Waals surface area (Å²) in [6, 6.07) is 6.33. The molecule has 114 valence electrons. The standard InChI is InChI=1S/C15H20N2O4/c1-2-21-15(18)14-8-3-4-9-16(14)11-12-6-5-7-13(10-12)17(19)20/h5-7,10,14H,2-4,8-9,11H2,1H3/t14-/m1/s1. The summed E-state index contributed by atoms with van der Waals surface area (Å²) < 4.78 is 5.12. The fourth-order valence-corrected chi connectivity index (χ4v) is 2.69. The van der Waals surface area contributed by atoms with Crippen LogP contribution in [0.15, 0.2) is 24.3 Å². The van der Waals surface area contributed by atoms with E-state index >= 15 is 0 Å². The maximum Gasteiger partial charge on any atom is 0.323 e. The van der Waals surface area contributed by atoms with E-state index in [1.807, 2.05) is 6.07 Å². The number of hydrogen-bond acceptors (Lipinski definition) is 5. The van der Waals surface area contributed by atoms with Crippen molar-refractivity contribution >= 4 is 11.7 Å². The number of carbonyl (C=O) groups is 1. The summed E-state index contributed by atoms with van der Waals surface area (Å²) in [5.41, 5.74) is 0.928. The Hall–Kier alpha value is -1.95. The van der Waals surface area contributed by atoms with Crippen LogP contribution in [0.3, 0.4) is 0 Å². The Labute approximate surface area is 123 Å². The normalized spacial score (nSPS) is 19.2. The van der Waals surface area contributed by atoms with Crippen LogP contribution in [-0.4, -0.2) is 35.0 Å². The van der Waals surface area contributed by atoms with Gasteiger partial charge in [-0.1, -0.05) is 18.6 Å². The molecule has 0 aliphatic carbocycles. The zero-order valence-corrected chi connectivity index (χ0v) is 12.2. The van der Waals surface area contributed by atoms with Crippen molar-refractivity contribution in [3.8, 4) is 0 Å². The smallest absolute Gasteiger partial charge is 0.323 e. The summed E-state index contributed by atoms with van der Waals surface area (Å²) in [7, 11) is 0. The fraction of sp³-hybridized carbons (Fsp3) is 0.533. The number of rotatable bonds is 5. The second kappa shape index (κ2) is 7.17. The third-order valence-electron chi connectivity index (χ3n) is 3.68. The summed E-state index contributed by atoms with van der Waals surface area (Å²) in [6.07, 6.45) is 2.83. The summed E-state index contributed by atoms with van der Waals surface area (Å²) in [6.45, 7) is 3.52. The van der Waals surface area contributed by atoms with Crippen LogP contribution in [0.5, 0.6) is 0 Å². The van der Waals surface area contributed by atoms with Crippen molar-refractivity contribution in [2.24, 2.45) is 0 Å². The van der Waals surface area contributed by atoms with Crippen LogP contribution in [0, 0.1) is 10.1 Å².